The monoisotopic (exact) mass is 344 g/mol. The summed E-state index contributed by atoms with van der Waals surface area (Å²) in [5, 5.41) is 25.4. The Morgan fingerprint density at radius 3 is 1.38 bits per heavy atom. The van der Waals surface area contributed by atoms with E-state index in [1.54, 1.807) is 27.7 Å². The molecule has 0 bridgehead atoms. The summed E-state index contributed by atoms with van der Waals surface area (Å²) < 4.78 is 0. The van der Waals surface area contributed by atoms with Crippen molar-refractivity contribution in [2.75, 3.05) is 13.1 Å². The summed E-state index contributed by atoms with van der Waals surface area (Å²) in [6.45, 7) is 6.85. The third kappa shape index (κ3) is 8.20. The third-order valence-corrected chi connectivity index (χ3v) is 3.02. The molecule has 0 heterocycles. The Kier molecular flexibility index (Phi) is 8.00. The van der Waals surface area contributed by atoms with Crippen LogP contribution in [0.1, 0.15) is 42.0 Å². The second-order valence-electron chi connectivity index (χ2n) is 6.14. The van der Waals surface area contributed by atoms with Gasteiger partial charge in [0.05, 0.1) is 25.9 Å². The SMILES string of the molecule is CC(C)(N=NC(C)(C)C(N)=NCCC(=O)O)C(N)=NCCC(=O)O.[HH]. The van der Waals surface area contributed by atoms with E-state index < -0.39 is 23.0 Å². The first-order valence-corrected chi connectivity index (χ1v) is 7.37. The molecule has 0 aliphatic heterocycles. The van der Waals surface area contributed by atoms with Crippen LogP contribution < -0.4 is 11.5 Å². The zero-order chi connectivity index (χ0) is 19.0. The van der Waals surface area contributed by atoms with Crippen molar-refractivity contribution in [3.63, 3.8) is 0 Å². The minimum atomic E-state index is -0.961. The van der Waals surface area contributed by atoms with Gasteiger partial charge in [-0.2, -0.15) is 10.2 Å². The second-order valence-corrected chi connectivity index (χ2v) is 6.14. The van der Waals surface area contributed by atoms with E-state index in [9.17, 15) is 9.59 Å². The highest BCUT2D eigenvalue weighted by molar-refractivity contribution is 5.90. The van der Waals surface area contributed by atoms with E-state index in [1.165, 1.54) is 0 Å². The third-order valence-electron chi connectivity index (χ3n) is 3.02. The average Bonchev–Trinajstić information content (AvgIpc) is 2.44. The molecule has 0 radical (unpaired) electrons. The molecule has 0 spiro atoms. The van der Waals surface area contributed by atoms with Crippen LogP contribution in [0.4, 0.5) is 0 Å². The number of aliphatic carboxylic acids is 2. The van der Waals surface area contributed by atoms with Crippen molar-refractivity contribution in [3.8, 4) is 0 Å². The number of nitrogens with zero attached hydrogens (tertiary/aromatic N) is 4. The van der Waals surface area contributed by atoms with Gasteiger partial charge in [-0.05, 0) is 27.7 Å². The van der Waals surface area contributed by atoms with Crippen molar-refractivity contribution >= 4 is 23.6 Å². The van der Waals surface area contributed by atoms with Gasteiger partial charge in [-0.15, -0.1) is 0 Å². The maximum Gasteiger partial charge on any atom is 0.305 e. The largest absolute Gasteiger partial charge is 0.481 e. The average molecular weight is 344 g/mol. The lowest BCUT2D eigenvalue weighted by Gasteiger charge is -2.22. The molecule has 10 nitrogen and oxygen atoms in total. The molecule has 0 fully saturated rings. The van der Waals surface area contributed by atoms with Crippen molar-refractivity contribution in [2.24, 2.45) is 31.7 Å². The van der Waals surface area contributed by atoms with Gasteiger partial charge >= 0.3 is 11.9 Å². The van der Waals surface area contributed by atoms with Gasteiger partial charge < -0.3 is 21.7 Å². The summed E-state index contributed by atoms with van der Waals surface area (Å²) in [7, 11) is 0. The molecule has 0 aromatic heterocycles. The van der Waals surface area contributed by atoms with Crippen molar-refractivity contribution in [1.29, 1.82) is 0 Å². The van der Waals surface area contributed by atoms with E-state index in [2.05, 4.69) is 20.2 Å². The van der Waals surface area contributed by atoms with E-state index in [0.29, 0.717) is 0 Å². The van der Waals surface area contributed by atoms with Crippen LogP contribution in [0, 0.1) is 0 Å². The number of aliphatic imine (C=N–C) groups is 2. The lowest BCUT2D eigenvalue weighted by Crippen LogP contribution is -2.40. The number of carboxylic acid groups (broad SMARTS) is 2. The number of rotatable bonds is 10. The molecule has 138 valence electrons. The second kappa shape index (κ2) is 8.94. The number of azo groups is 1. The fourth-order valence-corrected chi connectivity index (χ4v) is 1.28. The molecule has 0 aromatic carbocycles. The molecule has 0 saturated carbocycles. The van der Waals surface area contributed by atoms with Crippen molar-refractivity contribution in [2.45, 2.75) is 51.6 Å². The summed E-state index contributed by atoms with van der Waals surface area (Å²) in [6, 6.07) is 0. The number of hydrogen-bond donors (Lipinski definition) is 4. The van der Waals surface area contributed by atoms with Crippen LogP contribution in [0.2, 0.25) is 0 Å². The summed E-state index contributed by atoms with van der Waals surface area (Å²) in [4.78, 5) is 28.9. The summed E-state index contributed by atoms with van der Waals surface area (Å²) in [6.07, 6.45) is -0.245. The number of nitrogens with two attached hydrogens (primary N) is 2. The van der Waals surface area contributed by atoms with E-state index in [4.69, 9.17) is 21.7 Å². The van der Waals surface area contributed by atoms with Crippen LogP contribution >= 0.6 is 0 Å². The van der Waals surface area contributed by atoms with E-state index >= 15 is 0 Å². The molecule has 0 atom stereocenters. The number of amidine groups is 2. The predicted molar refractivity (Wildman–Crippen MR) is 92.6 cm³/mol. The fourth-order valence-electron chi connectivity index (χ4n) is 1.28. The van der Waals surface area contributed by atoms with Gasteiger partial charge in [0, 0.05) is 1.43 Å². The highest BCUT2D eigenvalue weighted by atomic mass is 16.4. The Labute approximate surface area is 142 Å². The van der Waals surface area contributed by atoms with Gasteiger partial charge in [-0.25, -0.2) is 0 Å². The number of hydrogen-bond acceptors (Lipinski definition) is 6. The van der Waals surface area contributed by atoms with Crippen molar-refractivity contribution in [1.82, 2.24) is 0 Å². The normalized spacial score (nSPS) is 14.2. The topological polar surface area (TPSA) is 176 Å². The minimum absolute atomic E-state index is 0. The molecule has 0 aromatic rings. The lowest BCUT2D eigenvalue weighted by atomic mass is 10.0. The summed E-state index contributed by atoms with van der Waals surface area (Å²) in [5.41, 5.74) is 9.80. The minimum Gasteiger partial charge on any atom is -0.481 e. The van der Waals surface area contributed by atoms with Gasteiger partial charge in [0.25, 0.3) is 0 Å². The molecule has 0 saturated heterocycles. The zero-order valence-corrected chi connectivity index (χ0v) is 14.5. The van der Waals surface area contributed by atoms with Gasteiger partial charge in [0.2, 0.25) is 0 Å². The summed E-state index contributed by atoms with van der Waals surface area (Å²) >= 11 is 0. The Morgan fingerprint density at radius 2 is 1.12 bits per heavy atom. The van der Waals surface area contributed by atoms with Crippen LogP contribution in [0.5, 0.6) is 0 Å². The van der Waals surface area contributed by atoms with Gasteiger partial charge in [-0.3, -0.25) is 19.6 Å². The smallest absolute Gasteiger partial charge is 0.305 e. The maximum absolute atomic E-state index is 10.5. The number of carboxylic acids is 2. The van der Waals surface area contributed by atoms with Gasteiger partial charge in [-0.1, -0.05) is 0 Å². The highest BCUT2D eigenvalue weighted by Gasteiger charge is 2.27. The molecule has 6 N–H and O–H groups in total. The Hall–Kier alpha value is -2.52. The highest BCUT2D eigenvalue weighted by Crippen LogP contribution is 2.16. The van der Waals surface area contributed by atoms with Crippen LogP contribution in [0.15, 0.2) is 20.2 Å². The summed E-state index contributed by atoms with van der Waals surface area (Å²) in [5.74, 6) is -1.61. The Balaban J connectivity index is 0. The molecular formula is C14H28N6O4. The van der Waals surface area contributed by atoms with E-state index in [-0.39, 0.29) is 39.0 Å². The van der Waals surface area contributed by atoms with Crippen molar-refractivity contribution < 1.29 is 21.2 Å². The first-order chi connectivity index (χ1) is 10.9. The zero-order valence-electron chi connectivity index (χ0n) is 14.5. The Bertz CT molecular complexity index is 510. The molecule has 0 rings (SSSR count). The van der Waals surface area contributed by atoms with Crippen LogP contribution in [0.25, 0.3) is 0 Å². The maximum atomic E-state index is 10.5. The molecule has 10 heteroatoms. The predicted octanol–water partition coefficient (Wildman–Crippen LogP) is 0.906. The quantitative estimate of drug-likeness (QED) is 0.260. The van der Waals surface area contributed by atoms with Gasteiger partial charge in [0.15, 0.2) is 0 Å². The first-order valence-electron chi connectivity index (χ1n) is 7.37. The van der Waals surface area contributed by atoms with Crippen LogP contribution in [-0.4, -0.2) is 58.0 Å². The van der Waals surface area contributed by atoms with Crippen LogP contribution in [0.3, 0.4) is 0 Å². The van der Waals surface area contributed by atoms with Crippen LogP contribution in [-0.2, 0) is 9.59 Å². The molecular weight excluding hydrogens is 316 g/mol. The van der Waals surface area contributed by atoms with Gasteiger partial charge in [0.1, 0.15) is 22.7 Å². The molecule has 24 heavy (non-hydrogen) atoms. The first kappa shape index (κ1) is 21.5. The lowest BCUT2D eigenvalue weighted by molar-refractivity contribution is -0.137. The number of carbonyl (C=O) groups is 2. The van der Waals surface area contributed by atoms with E-state index in [1.807, 2.05) is 0 Å². The molecule has 0 aliphatic carbocycles. The Morgan fingerprint density at radius 1 is 0.833 bits per heavy atom. The van der Waals surface area contributed by atoms with Crippen molar-refractivity contribution in [3.05, 3.63) is 0 Å². The molecule has 0 aliphatic rings. The standard InChI is InChI=1S/C14H26N6O4.H2/c1-13(2,11(15)17-7-5-9(21)22)19-20-14(3,4)12(16)18-8-6-10(23)24;/h5-8H2,1-4H3,(H2,15,17)(H2,16,18)(H,21,22)(H,23,24);1H. The molecule has 0 amide bonds. The van der Waals surface area contributed by atoms with E-state index in [0.717, 1.165) is 0 Å². The molecule has 0 unspecified atom stereocenters. The fraction of sp³-hybridized carbons (Fsp3) is 0.714.